The smallest absolute Gasteiger partial charge is 0.247 e. The number of nitrogens with one attached hydrogen (secondary N) is 1. The van der Waals surface area contributed by atoms with E-state index in [-0.39, 0.29) is 30.3 Å². The van der Waals surface area contributed by atoms with Gasteiger partial charge in [-0.05, 0) is 52.9 Å². The highest BCUT2D eigenvalue weighted by Crippen LogP contribution is 2.29. The first-order valence-electron chi connectivity index (χ1n) is 11.4. The third kappa shape index (κ3) is 5.87. The van der Waals surface area contributed by atoms with Crippen molar-refractivity contribution in [3.8, 4) is 0 Å². The van der Waals surface area contributed by atoms with Crippen LogP contribution in [0.2, 0.25) is 5.02 Å². The topological polar surface area (TPSA) is 49.4 Å². The summed E-state index contributed by atoms with van der Waals surface area (Å²) in [4.78, 5) is 28.3. The molecule has 0 saturated heterocycles. The Kier molecular flexibility index (Phi) is 7.89. The van der Waals surface area contributed by atoms with Gasteiger partial charge in [-0.15, -0.1) is 11.6 Å². The van der Waals surface area contributed by atoms with Gasteiger partial charge in [0.2, 0.25) is 11.8 Å². The second-order valence-electron chi connectivity index (χ2n) is 8.63. The van der Waals surface area contributed by atoms with Gasteiger partial charge in [-0.1, -0.05) is 79.4 Å². The van der Waals surface area contributed by atoms with Crippen LogP contribution < -0.4 is 5.32 Å². The molecule has 0 heterocycles. The van der Waals surface area contributed by atoms with E-state index in [0.717, 1.165) is 47.6 Å². The monoisotopic (exact) mass is 482 g/mol. The summed E-state index contributed by atoms with van der Waals surface area (Å²) < 4.78 is 0. The first-order chi connectivity index (χ1) is 16.0. The van der Waals surface area contributed by atoms with E-state index in [1.54, 1.807) is 17.0 Å². The first kappa shape index (κ1) is 23.6. The number of carbonyl (C=O) groups excluding carboxylic acids is 2. The standard InChI is InChI=1S/C27H28Cl2N2O2/c28-17-25(32)31(18-19-10-14-23(29)15-11-19)26(27(33)30-24-8-2-1-3-9-24)22-13-12-20-6-4-5-7-21(20)16-22/h4-7,10-16,24,26H,1-3,8-9,17-18H2,(H,30,33). The molecule has 1 aliphatic rings. The number of nitrogens with zero attached hydrogens (tertiary/aromatic N) is 1. The predicted octanol–water partition coefficient (Wildman–Crippen LogP) is 6.25. The molecule has 172 valence electrons. The largest absolute Gasteiger partial charge is 0.351 e. The fraction of sp³-hybridized carbons (Fsp3) is 0.333. The Morgan fingerprint density at radius 2 is 1.64 bits per heavy atom. The SMILES string of the molecule is O=C(NC1CCCCC1)C(c1ccc2ccccc2c1)N(Cc1ccc(Cl)cc1)C(=O)CCl. The van der Waals surface area contributed by atoms with Gasteiger partial charge in [0.1, 0.15) is 11.9 Å². The third-order valence-electron chi connectivity index (χ3n) is 6.30. The van der Waals surface area contributed by atoms with E-state index >= 15 is 0 Å². The Balaban J connectivity index is 1.72. The molecule has 1 atom stereocenters. The molecule has 4 rings (SSSR count). The van der Waals surface area contributed by atoms with Crippen molar-refractivity contribution in [2.75, 3.05) is 5.88 Å². The molecule has 1 aliphatic carbocycles. The maximum atomic E-state index is 13.7. The molecule has 2 amide bonds. The average molecular weight is 483 g/mol. The zero-order valence-electron chi connectivity index (χ0n) is 18.5. The molecule has 33 heavy (non-hydrogen) atoms. The summed E-state index contributed by atoms with van der Waals surface area (Å²) in [7, 11) is 0. The van der Waals surface area contributed by atoms with Crippen LogP contribution in [0.1, 0.15) is 49.3 Å². The molecule has 0 spiro atoms. The molecule has 0 aliphatic heterocycles. The Hall–Kier alpha value is -2.56. The molecule has 6 heteroatoms. The van der Waals surface area contributed by atoms with Gasteiger partial charge in [0.25, 0.3) is 0 Å². The highest BCUT2D eigenvalue weighted by molar-refractivity contribution is 6.30. The van der Waals surface area contributed by atoms with E-state index in [4.69, 9.17) is 23.2 Å². The first-order valence-corrected chi connectivity index (χ1v) is 12.4. The zero-order valence-corrected chi connectivity index (χ0v) is 20.0. The van der Waals surface area contributed by atoms with Crippen LogP contribution in [0.15, 0.2) is 66.7 Å². The Morgan fingerprint density at radius 1 is 0.939 bits per heavy atom. The number of hydrogen-bond donors (Lipinski definition) is 1. The van der Waals surface area contributed by atoms with E-state index < -0.39 is 6.04 Å². The molecule has 4 nitrogen and oxygen atoms in total. The highest BCUT2D eigenvalue weighted by Gasteiger charge is 2.32. The molecule has 0 bridgehead atoms. The van der Waals surface area contributed by atoms with Gasteiger partial charge in [-0.2, -0.15) is 0 Å². The molecule has 1 saturated carbocycles. The predicted molar refractivity (Wildman–Crippen MR) is 134 cm³/mol. The van der Waals surface area contributed by atoms with Crippen molar-refractivity contribution in [1.29, 1.82) is 0 Å². The van der Waals surface area contributed by atoms with Gasteiger partial charge < -0.3 is 10.2 Å². The van der Waals surface area contributed by atoms with Gasteiger partial charge in [-0.25, -0.2) is 0 Å². The van der Waals surface area contributed by atoms with Gasteiger partial charge in [-0.3, -0.25) is 9.59 Å². The van der Waals surface area contributed by atoms with Crippen molar-refractivity contribution < 1.29 is 9.59 Å². The van der Waals surface area contributed by atoms with Crippen LogP contribution in [-0.4, -0.2) is 28.6 Å². The molecule has 1 fully saturated rings. The van der Waals surface area contributed by atoms with E-state index in [1.165, 1.54) is 6.42 Å². The summed E-state index contributed by atoms with van der Waals surface area (Å²) >= 11 is 12.1. The van der Waals surface area contributed by atoms with Gasteiger partial charge >= 0.3 is 0 Å². The van der Waals surface area contributed by atoms with Crippen LogP contribution in [0.25, 0.3) is 10.8 Å². The molecule has 3 aromatic rings. The summed E-state index contributed by atoms with van der Waals surface area (Å²) in [5, 5.41) is 5.95. The number of halogens is 2. The zero-order chi connectivity index (χ0) is 23.2. The Labute approximate surface area is 204 Å². The number of alkyl halides is 1. The lowest BCUT2D eigenvalue weighted by atomic mass is 9.94. The summed E-state index contributed by atoms with van der Waals surface area (Å²) in [5.41, 5.74) is 1.66. The maximum Gasteiger partial charge on any atom is 0.247 e. The Bertz CT molecular complexity index is 1110. The van der Waals surface area contributed by atoms with Crippen molar-refractivity contribution in [2.45, 2.75) is 50.7 Å². The Morgan fingerprint density at radius 3 is 2.33 bits per heavy atom. The molecule has 1 N–H and O–H groups in total. The normalized spacial score (nSPS) is 15.2. The highest BCUT2D eigenvalue weighted by atomic mass is 35.5. The minimum Gasteiger partial charge on any atom is -0.351 e. The molecule has 1 unspecified atom stereocenters. The van der Waals surface area contributed by atoms with Crippen molar-refractivity contribution in [3.63, 3.8) is 0 Å². The lowest BCUT2D eigenvalue weighted by molar-refractivity contribution is -0.140. The van der Waals surface area contributed by atoms with Crippen LogP contribution in [-0.2, 0) is 16.1 Å². The lowest BCUT2D eigenvalue weighted by Gasteiger charge is -2.33. The number of amides is 2. The second-order valence-corrected chi connectivity index (χ2v) is 9.34. The fourth-order valence-corrected chi connectivity index (χ4v) is 4.84. The molecule has 0 radical (unpaired) electrons. The minimum atomic E-state index is -0.779. The molecule has 0 aromatic heterocycles. The van der Waals surface area contributed by atoms with Crippen LogP contribution in [0, 0.1) is 0 Å². The number of carbonyl (C=O) groups is 2. The summed E-state index contributed by atoms with van der Waals surface area (Å²) in [6.07, 6.45) is 5.36. The third-order valence-corrected chi connectivity index (χ3v) is 6.78. The minimum absolute atomic E-state index is 0.137. The van der Waals surface area contributed by atoms with E-state index in [1.807, 2.05) is 54.6 Å². The maximum absolute atomic E-state index is 13.7. The second kappa shape index (κ2) is 11.0. The number of benzene rings is 3. The fourth-order valence-electron chi connectivity index (χ4n) is 4.56. The molecule has 3 aromatic carbocycles. The number of fused-ring (bicyclic) bond motifs is 1. The van der Waals surface area contributed by atoms with Crippen LogP contribution >= 0.6 is 23.2 Å². The van der Waals surface area contributed by atoms with E-state index in [9.17, 15) is 9.59 Å². The molecular weight excluding hydrogens is 455 g/mol. The van der Waals surface area contributed by atoms with Crippen molar-refractivity contribution in [1.82, 2.24) is 10.2 Å². The van der Waals surface area contributed by atoms with E-state index in [0.29, 0.717) is 5.02 Å². The van der Waals surface area contributed by atoms with Crippen LogP contribution in [0.3, 0.4) is 0 Å². The number of hydrogen-bond acceptors (Lipinski definition) is 2. The average Bonchev–Trinajstić information content (AvgIpc) is 2.85. The van der Waals surface area contributed by atoms with E-state index in [2.05, 4.69) is 5.32 Å². The number of rotatable bonds is 7. The van der Waals surface area contributed by atoms with Crippen molar-refractivity contribution in [3.05, 3.63) is 82.9 Å². The van der Waals surface area contributed by atoms with Gasteiger partial charge in [0, 0.05) is 17.6 Å². The van der Waals surface area contributed by atoms with Gasteiger partial charge in [0.15, 0.2) is 0 Å². The summed E-state index contributed by atoms with van der Waals surface area (Å²) in [6.45, 7) is 0.262. The van der Waals surface area contributed by atoms with Crippen LogP contribution in [0.5, 0.6) is 0 Å². The van der Waals surface area contributed by atoms with Crippen molar-refractivity contribution in [2.24, 2.45) is 0 Å². The lowest BCUT2D eigenvalue weighted by Crippen LogP contribution is -2.47. The van der Waals surface area contributed by atoms with Gasteiger partial charge in [0.05, 0.1) is 0 Å². The summed E-state index contributed by atoms with van der Waals surface area (Å²) in [5.74, 6) is -0.651. The van der Waals surface area contributed by atoms with Crippen molar-refractivity contribution >= 4 is 45.8 Å². The van der Waals surface area contributed by atoms with Crippen LogP contribution in [0.4, 0.5) is 0 Å². The quantitative estimate of drug-likeness (QED) is 0.404. The molecular formula is C27H28Cl2N2O2. The summed E-state index contributed by atoms with van der Waals surface area (Å²) in [6, 6.07) is 20.6.